The zero-order valence-electron chi connectivity index (χ0n) is 9.62. The van der Waals surface area contributed by atoms with Crippen molar-refractivity contribution in [2.45, 2.75) is 27.2 Å². The highest BCUT2D eigenvalue weighted by Gasteiger charge is 2.02. The van der Waals surface area contributed by atoms with E-state index < -0.39 is 0 Å². The van der Waals surface area contributed by atoms with Crippen LogP contribution in [0.4, 0.5) is 0 Å². The third kappa shape index (κ3) is 7.57. The van der Waals surface area contributed by atoms with Crippen molar-refractivity contribution in [2.75, 3.05) is 6.61 Å². The summed E-state index contributed by atoms with van der Waals surface area (Å²) in [5, 5.41) is 0. The summed E-state index contributed by atoms with van der Waals surface area (Å²) in [6.45, 7) is 6.02. The number of allylic oxidation sites excluding steroid dienone is 3. The molecule has 0 heterocycles. The van der Waals surface area contributed by atoms with Gasteiger partial charge < -0.3 is 4.74 Å². The average molecular weight is 206 g/mol. The number of terminal acetylenes is 1. The topological polar surface area (TPSA) is 26.3 Å². The van der Waals surface area contributed by atoms with Gasteiger partial charge in [-0.05, 0) is 19.3 Å². The molecule has 0 saturated carbocycles. The van der Waals surface area contributed by atoms with Crippen LogP contribution in [0.25, 0.3) is 0 Å². The molecule has 0 fully saturated rings. The van der Waals surface area contributed by atoms with Gasteiger partial charge in [0.25, 0.3) is 0 Å². The van der Waals surface area contributed by atoms with E-state index in [1.807, 2.05) is 12.2 Å². The standard InChI is InChI=1S/C13H18O2/c1-5-10-15-13(14)12(4)9-7-6-8-11(2)3/h1,6-7,9,11H,8,10H2,2-4H3/b7-6+,12-9+. The van der Waals surface area contributed by atoms with Gasteiger partial charge in [0.1, 0.15) is 0 Å². The average Bonchev–Trinajstić information content (AvgIpc) is 2.20. The van der Waals surface area contributed by atoms with E-state index in [0.29, 0.717) is 11.5 Å². The molecule has 0 aromatic heterocycles. The Morgan fingerprint density at radius 2 is 2.20 bits per heavy atom. The largest absolute Gasteiger partial charge is 0.449 e. The summed E-state index contributed by atoms with van der Waals surface area (Å²) in [7, 11) is 0. The molecule has 0 aliphatic rings. The molecular formula is C13H18O2. The molecule has 0 bridgehead atoms. The quantitative estimate of drug-likeness (QED) is 0.299. The lowest BCUT2D eigenvalue weighted by molar-refractivity contribution is -0.137. The van der Waals surface area contributed by atoms with Crippen molar-refractivity contribution < 1.29 is 9.53 Å². The van der Waals surface area contributed by atoms with Gasteiger partial charge in [0, 0.05) is 5.57 Å². The van der Waals surface area contributed by atoms with E-state index in [9.17, 15) is 4.79 Å². The number of hydrogen-bond donors (Lipinski definition) is 0. The summed E-state index contributed by atoms with van der Waals surface area (Å²) in [5.74, 6) is 2.52. The summed E-state index contributed by atoms with van der Waals surface area (Å²) in [6.07, 6.45) is 11.6. The fourth-order valence-electron chi connectivity index (χ4n) is 0.852. The lowest BCUT2D eigenvalue weighted by Crippen LogP contribution is -2.05. The normalized spacial score (nSPS) is 11.8. The second kappa shape index (κ2) is 7.87. The van der Waals surface area contributed by atoms with Crippen LogP contribution in [0.3, 0.4) is 0 Å². The summed E-state index contributed by atoms with van der Waals surface area (Å²) in [5.41, 5.74) is 0.560. The van der Waals surface area contributed by atoms with Crippen LogP contribution in [0.2, 0.25) is 0 Å². The first-order valence-electron chi connectivity index (χ1n) is 5.02. The first-order chi connectivity index (χ1) is 7.07. The molecule has 2 heteroatoms. The number of rotatable bonds is 5. The highest BCUT2D eigenvalue weighted by molar-refractivity contribution is 5.88. The minimum absolute atomic E-state index is 0.0275. The van der Waals surface area contributed by atoms with Gasteiger partial charge in [0.2, 0.25) is 0 Å². The minimum atomic E-state index is -0.359. The first-order valence-corrected chi connectivity index (χ1v) is 5.02. The van der Waals surface area contributed by atoms with Crippen molar-refractivity contribution in [3.8, 4) is 12.3 Å². The van der Waals surface area contributed by atoms with Crippen molar-refractivity contribution >= 4 is 5.97 Å². The van der Waals surface area contributed by atoms with E-state index in [1.165, 1.54) is 0 Å². The highest BCUT2D eigenvalue weighted by atomic mass is 16.5. The molecule has 15 heavy (non-hydrogen) atoms. The molecule has 0 unspecified atom stereocenters. The lowest BCUT2D eigenvalue weighted by atomic mass is 10.1. The molecule has 0 N–H and O–H groups in total. The Labute approximate surface area is 92.0 Å². The highest BCUT2D eigenvalue weighted by Crippen LogP contribution is 2.02. The Hall–Kier alpha value is -1.49. The SMILES string of the molecule is C#CCOC(=O)/C(C)=C/C=C/CC(C)C. The van der Waals surface area contributed by atoms with Crippen LogP contribution in [-0.2, 0) is 9.53 Å². The molecule has 0 rings (SSSR count). The molecule has 0 amide bonds. The monoisotopic (exact) mass is 206 g/mol. The molecule has 0 radical (unpaired) electrons. The molecule has 0 spiro atoms. The van der Waals surface area contributed by atoms with Crippen LogP contribution in [-0.4, -0.2) is 12.6 Å². The zero-order chi connectivity index (χ0) is 11.7. The van der Waals surface area contributed by atoms with E-state index in [1.54, 1.807) is 13.0 Å². The van der Waals surface area contributed by atoms with Gasteiger partial charge >= 0.3 is 5.97 Å². The minimum Gasteiger partial charge on any atom is -0.449 e. The van der Waals surface area contributed by atoms with Gasteiger partial charge in [-0.25, -0.2) is 4.79 Å². The molecule has 0 atom stereocenters. The molecule has 2 nitrogen and oxygen atoms in total. The molecule has 0 saturated heterocycles. The van der Waals surface area contributed by atoms with E-state index in [-0.39, 0.29) is 12.6 Å². The summed E-state index contributed by atoms with van der Waals surface area (Å²) < 4.78 is 4.75. The fraction of sp³-hybridized carbons (Fsp3) is 0.462. The van der Waals surface area contributed by atoms with Crippen molar-refractivity contribution in [1.82, 2.24) is 0 Å². The predicted octanol–water partition coefficient (Wildman–Crippen LogP) is 2.71. The number of carbonyl (C=O) groups is 1. The van der Waals surface area contributed by atoms with Crippen LogP contribution < -0.4 is 0 Å². The number of carbonyl (C=O) groups excluding carboxylic acids is 1. The summed E-state index contributed by atoms with van der Waals surface area (Å²) in [4.78, 5) is 11.2. The molecular weight excluding hydrogens is 188 g/mol. The van der Waals surface area contributed by atoms with Gasteiger partial charge in [-0.2, -0.15) is 0 Å². The van der Waals surface area contributed by atoms with Crippen molar-refractivity contribution in [1.29, 1.82) is 0 Å². The lowest BCUT2D eigenvalue weighted by Gasteiger charge is -1.99. The van der Waals surface area contributed by atoms with Crippen LogP contribution in [0.5, 0.6) is 0 Å². The van der Waals surface area contributed by atoms with E-state index in [4.69, 9.17) is 11.2 Å². The Morgan fingerprint density at radius 1 is 1.53 bits per heavy atom. The maximum Gasteiger partial charge on any atom is 0.334 e. The van der Waals surface area contributed by atoms with Gasteiger partial charge in [-0.1, -0.05) is 38.0 Å². The van der Waals surface area contributed by atoms with Crippen molar-refractivity contribution in [3.05, 3.63) is 23.8 Å². The smallest absolute Gasteiger partial charge is 0.334 e. The second-order valence-corrected chi connectivity index (χ2v) is 3.69. The zero-order valence-corrected chi connectivity index (χ0v) is 9.62. The molecule has 0 aromatic rings. The van der Waals surface area contributed by atoms with E-state index in [2.05, 4.69) is 19.8 Å². The van der Waals surface area contributed by atoms with Gasteiger partial charge in [0.05, 0.1) is 0 Å². The second-order valence-electron chi connectivity index (χ2n) is 3.69. The maximum atomic E-state index is 11.2. The Bertz CT molecular complexity index is 290. The third-order valence-corrected chi connectivity index (χ3v) is 1.70. The predicted molar refractivity (Wildman–Crippen MR) is 62.1 cm³/mol. The Morgan fingerprint density at radius 3 is 2.73 bits per heavy atom. The number of hydrogen-bond acceptors (Lipinski definition) is 2. The number of ether oxygens (including phenoxy) is 1. The van der Waals surface area contributed by atoms with Crippen LogP contribution >= 0.6 is 0 Å². The summed E-state index contributed by atoms with van der Waals surface area (Å²) >= 11 is 0. The maximum absolute atomic E-state index is 11.2. The van der Waals surface area contributed by atoms with Gasteiger partial charge in [-0.15, -0.1) is 6.42 Å². The fourth-order valence-corrected chi connectivity index (χ4v) is 0.852. The van der Waals surface area contributed by atoms with E-state index in [0.717, 1.165) is 6.42 Å². The third-order valence-electron chi connectivity index (χ3n) is 1.70. The summed E-state index contributed by atoms with van der Waals surface area (Å²) in [6, 6.07) is 0. The molecule has 82 valence electrons. The van der Waals surface area contributed by atoms with Crippen LogP contribution in [0.1, 0.15) is 27.2 Å². The van der Waals surface area contributed by atoms with Gasteiger partial charge in [-0.3, -0.25) is 0 Å². The number of esters is 1. The van der Waals surface area contributed by atoms with Crippen molar-refractivity contribution in [2.24, 2.45) is 5.92 Å². The molecule has 0 aromatic carbocycles. The van der Waals surface area contributed by atoms with Crippen molar-refractivity contribution in [3.63, 3.8) is 0 Å². The van der Waals surface area contributed by atoms with Gasteiger partial charge in [0.15, 0.2) is 6.61 Å². The molecule has 0 aliphatic carbocycles. The Kier molecular flexibility index (Phi) is 7.09. The van der Waals surface area contributed by atoms with Crippen LogP contribution in [0.15, 0.2) is 23.8 Å². The van der Waals surface area contributed by atoms with E-state index >= 15 is 0 Å². The Balaban J connectivity index is 4.03. The first kappa shape index (κ1) is 13.5. The van der Waals surface area contributed by atoms with Crippen LogP contribution in [0, 0.1) is 18.3 Å². The molecule has 0 aliphatic heterocycles.